The van der Waals surface area contributed by atoms with Crippen molar-refractivity contribution in [3.05, 3.63) is 33.9 Å². The molecule has 0 aromatic heterocycles. The van der Waals surface area contributed by atoms with E-state index in [1.54, 1.807) is 11.0 Å². The highest BCUT2D eigenvalue weighted by atomic mass is 16.7. The summed E-state index contributed by atoms with van der Waals surface area (Å²) in [6, 6.07) is 4.58. The number of nitrogens with zero attached hydrogens (tertiary/aromatic N) is 2. The second-order valence-corrected chi connectivity index (χ2v) is 4.83. The van der Waals surface area contributed by atoms with Crippen molar-refractivity contribution in [2.24, 2.45) is 0 Å². The van der Waals surface area contributed by atoms with Gasteiger partial charge in [0.2, 0.25) is 5.91 Å². The summed E-state index contributed by atoms with van der Waals surface area (Å²) in [5.41, 5.74) is 1.54. The van der Waals surface area contributed by atoms with E-state index in [1.807, 2.05) is 0 Å². The first-order valence-electron chi connectivity index (χ1n) is 6.70. The molecule has 114 valence electrons. The van der Waals surface area contributed by atoms with Crippen molar-refractivity contribution < 1.29 is 19.2 Å². The normalized spacial score (nSPS) is 15.0. The lowest BCUT2D eigenvalue weighted by Crippen LogP contribution is -2.38. The SMILES string of the molecule is COC(CN1C(=O)CCCc2cc([N+](=O)[O-])ccc21)OC. The Balaban J connectivity index is 2.37. The van der Waals surface area contributed by atoms with E-state index >= 15 is 0 Å². The molecule has 0 aliphatic carbocycles. The average Bonchev–Trinajstić information content (AvgIpc) is 2.63. The van der Waals surface area contributed by atoms with Gasteiger partial charge < -0.3 is 14.4 Å². The Bertz CT molecular complexity index is 542. The van der Waals surface area contributed by atoms with E-state index in [-0.39, 0.29) is 18.1 Å². The summed E-state index contributed by atoms with van der Waals surface area (Å²) >= 11 is 0. The maximum atomic E-state index is 12.2. The van der Waals surface area contributed by atoms with Crippen LogP contribution >= 0.6 is 0 Å². The molecule has 1 amide bonds. The molecular weight excluding hydrogens is 276 g/mol. The molecule has 7 heteroatoms. The highest BCUT2D eigenvalue weighted by Crippen LogP contribution is 2.30. The van der Waals surface area contributed by atoms with Crippen molar-refractivity contribution in [2.45, 2.75) is 25.6 Å². The molecule has 0 bridgehead atoms. The van der Waals surface area contributed by atoms with Gasteiger partial charge in [-0.1, -0.05) is 0 Å². The molecule has 7 nitrogen and oxygen atoms in total. The smallest absolute Gasteiger partial charge is 0.269 e. The molecule has 1 aromatic rings. The van der Waals surface area contributed by atoms with E-state index in [9.17, 15) is 14.9 Å². The zero-order chi connectivity index (χ0) is 15.4. The minimum atomic E-state index is -0.532. The monoisotopic (exact) mass is 294 g/mol. The molecule has 0 atom stereocenters. The summed E-state index contributed by atoms with van der Waals surface area (Å²) in [7, 11) is 3.01. The molecule has 0 N–H and O–H groups in total. The molecule has 2 rings (SSSR count). The van der Waals surface area contributed by atoms with Gasteiger partial charge in [0.05, 0.1) is 11.5 Å². The van der Waals surface area contributed by atoms with E-state index in [4.69, 9.17) is 9.47 Å². The summed E-state index contributed by atoms with van der Waals surface area (Å²) in [5.74, 6) is -0.0262. The molecule has 0 saturated carbocycles. The van der Waals surface area contributed by atoms with Gasteiger partial charge in [-0.2, -0.15) is 0 Å². The van der Waals surface area contributed by atoms with Crippen molar-refractivity contribution in [3.63, 3.8) is 0 Å². The molecule has 1 aromatic carbocycles. The first-order chi connectivity index (χ1) is 10.1. The lowest BCUT2D eigenvalue weighted by atomic mass is 10.1. The fraction of sp³-hybridized carbons (Fsp3) is 0.500. The number of methoxy groups -OCH3 is 2. The number of nitro groups is 1. The maximum absolute atomic E-state index is 12.2. The van der Waals surface area contributed by atoms with Crippen LogP contribution < -0.4 is 4.90 Å². The van der Waals surface area contributed by atoms with Crippen LogP contribution in [0.3, 0.4) is 0 Å². The predicted molar refractivity (Wildman–Crippen MR) is 76.2 cm³/mol. The van der Waals surface area contributed by atoms with Gasteiger partial charge in [0, 0.05) is 38.5 Å². The Hall–Kier alpha value is -1.99. The number of amides is 1. The zero-order valence-electron chi connectivity index (χ0n) is 12.1. The van der Waals surface area contributed by atoms with Gasteiger partial charge in [-0.05, 0) is 24.5 Å². The first kappa shape index (κ1) is 15.4. The van der Waals surface area contributed by atoms with E-state index in [2.05, 4.69) is 0 Å². The van der Waals surface area contributed by atoms with Crippen molar-refractivity contribution >= 4 is 17.3 Å². The van der Waals surface area contributed by atoms with Gasteiger partial charge in [-0.15, -0.1) is 0 Å². The van der Waals surface area contributed by atoms with E-state index in [0.717, 1.165) is 5.56 Å². The molecular formula is C14H18N2O5. The van der Waals surface area contributed by atoms with E-state index in [0.29, 0.717) is 24.9 Å². The van der Waals surface area contributed by atoms with Gasteiger partial charge >= 0.3 is 0 Å². The number of rotatable bonds is 5. The molecule has 0 radical (unpaired) electrons. The molecule has 1 aliphatic rings. The van der Waals surface area contributed by atoms with Crippen LogP contribution in [0.4, 0.5) is 11.4 Å². The third-order valence-electron chi connectivity index (χ3n) is 3.56. The van der Waals surface area contributed by atoms with Gasteiger partial charge in [-0.25, -0.2) is 0 Å². The number of aryl methyl sites for hydroxylation is 1. The summed E-state index contributed by atoms with van der Waals surface area (Å²) in [6.07, 6.45) is 1.19. The Labute approximate surface area is 122 Å². The van der Waals surface area contributed by atoms with E-state index < -0.39 is 11.2 Å². The van der Waals surface area contributed by atoms with Crippen LogP contribution in [0, 0.1) is 10.1 Å². The Morgan fingerprint density at radius 2 is 2.05 bits per heavy atom. The summed E-state index contributed by atoms with van der Waals surface area (Å²) in [5, 5.41) is 10.9. The quantitative estimate of drug-likeness (QED) is 0.470. The minimum absolute atomic E-state index is 0.0262. The Morgan fingerprint density at radius 1 is 1.33 bits per heavy atom. The van der Waals surface area contributed by atoms with Crippen molar-refractivity contribution in [2.75, 3.05) is 25.7 Å². The van der Waals surface area contributed by atoms with Gasteiger partial charge in [0.25, 0.3) is 5.69 Å². The number of nitro benzene ring substituents is 1. The third kappa shape index (κ3) is 3.37. The summed E-state index contributed by atoms with van der Waals surface area (Å²) in [4.78, 5) is 24.3. The molecule has 0 fully saturated rings. The number of carbonyl (C=O) groups is 1. The van der Waals surface area contributed by atoms with Crippen LogP contribution in [-0.2, 0) is 20.7 Å². The number of non-ortho nitro benzene ring substituents is 1. The molecule has 0 spiro atoms. The largest absolute Gasteiger partial charge is 0.354 e. The number of ether oxygens (including phenoxy) is 2. The van der Waals surface area contributed by atoms with Gasteiger partial charge in [0.15, 0.2) is 6.29 Å². The zero-order valence-corrected chi connectivity index (χ0v) is 12.1. The van der Waals surface area contributed by atoms with Crippen LogP contribution in [-0.4, -0.2) is 37.9 Å². The minimum Gasteiger partial charge on any atom is -0.354 e. The average molecular weight is 294 g/mol. The number of benzene rings is 1. The number of hydrogen-bond donors (Lipinski definition) is 0. The number of carbonyl (C=O) groups excluding carboxylic acids is 1. The van der Waals surface area contributed by atoms with Crippen LogP contribution in [0.2, 0.25) is 0 Å². The first-order valence-corrected chi connectivity index (χ1v) is 6.70. The number of hydrogen-bond acceptors (Lipinski definition) is 5. The molecule has 1 aliphatic heterocycles. The summed E-state index contributed by atoms with van der Waals surface area (Å²) < 4.78 is 10.3. The maximum Gasteiger partial charge on any atom is 0.269 e. The van der Waals surface area contributed by atoms with Crippen LogP contribution in [0.15, 0.2) is 18.2 Å². The lowest BCUT2D eigenvalue weighted by Gasteiger charge is -2.26. The standard InChI is InChI=1S/C14H18N2O5/c1-20-14(21-2)9-15-12-7-6-11(16(18)19)8-10(12)4-3-5-13(15)17/h6-8,14H,3-5,9H2,1-2H3. The fourth-order valence-corrected chi connectivity index (χ4v) is 2.44. The molecule has 21 heavy (non-hydrogen) atoms. The van der Waals surface area contributed by atoms with E-state index in [1.165, 1.54) is 26.4 Å². The number of anilines is 1. The van der Waals surface area contributed by atoms with Crippen LogP contribution in [0.5, 0.6) is 0 Å². The predicted octanol–water partition coefficient (Wildman–Crippen LogP) is 1.88. The third-order valence-corrected chi connectivity index (χ3v) is 3.56. The second kappa shape index (κ2) is 6.64. The Kier molecular flexibility index (Phi) is 4.87. The second-order valence-electron chi connectivity index (χ2n) is 4.83. The van der Waals surface area contributed by atoms with Gasteiger partial charge in [-0.3, -0.25) is 14.9 Å². The highest BCUT2D eigenvalue weighted by Gasteiger charge is 2.26. The van der Waals surface area contributed by atoms with Crippen LogP contribution in [0.25, 0.3) is 0 Å². The topological polar surface area (TPSA) is 81.9 Å². The lowest BCUT2D eigenvalue weighted by molar-refractivity contribution is -0.384. The van der Waals surface area contributed by atoms with Crippen molar-refractivity contribution in [3.8, 4) is 0 Å². The van der Waals surface area contributed by atoms with Gasteiger partial charge in [0.1, 0.15) is 0 Å². The van der Waals surface area contributed by atoms with Crippen molar-refractivity contribution in [1.29, 1.82) is 0 Å². The highest BCUT2D eigenvalue weighted by molar-refractivity contribution is 5.95. The van der Waals surface area contributed by atoms with Crippen molar-refractivity contribution in [1.82, 2.24) is 0 Å². The summed E-state index contributed by atoms with van der Waals surface area (Å²) in [6.45, 7) is 0.261. The van der Waals surface area contributed by atoms with Crippen LogP contribution in [0.1, 0.15) is 18.4 Å². The fourth-order valence-electron chi connectivity index (χ4n) is 2.44. The Morgan fingerprint density at radius 3 is 2.67 bits per heavy atom. The number of fused-ring (bicyclic) bond motifs is 1. The molecule has 0 saturated heterocycles. The molecule has 1 heterocycles. The molecule has 0 unspecified atom stereocenters.